The molecule has 0 unspecified atom stereocenters. The number of nitrogens with one attached hydrogen (secondary N) is 1. The molecule has 0 fully saturated rings. The largest absolute Gasteiger partial charge is 0.495 e. The van der Waals surface area contributed by atoms with Crippen LogP contribution in [0.5, 0.6) is 17.2 Å². The van der Waals surface area contributed by atoms with Crippen molar-refractivity contribution in [3.05, 3.63) is 48.0 Å². The minimum absolute atomic E-state index is 0.332. The average Bonchev–Trinajstić information content (AvgIpc) is 2.65. The summed E-state index contributed by atoms with van der Waals surface area (Å²) in [4.78, 5) is 23.7. The van der Waals surface area contributed by atoms with Gasteiger partial charge >= 0.3 is 5.97 Å². The number of carbonyl (C=O) groups is 2. The van der Waals surface area contributed by atoms with Crippen molar-refractivity contribution in [3.8, 4) is 17.2 Å². The molecule has 2 aromatic rings. The Morgan fingerprint density at radius 3 is 2.31 bits per heavy atom. The predicted octanol–water partition coefficient (Wildman–Crippen LogP) is 2.57. The van der Waals surface area contributed by atoms with Crippen molar-refractivity contribution in [2.24, 2.45) is 0 Å². The van der Waals surface area contributed by atoms with Gasteiger partial charge in [0.1, 0.15) is 5.75 Å². The van der Waals surface area contributed by atoms with Crippen LogP contribution in [0.1, 0.15) is 5.56 Å². The molecule has 0 aliphatic heterocycles. The molecule has 0 radical (unpaired) electrons. The zero-order valence-corrected chi connectivity index (χ0v) is 14.9. The molecule has 0 saturated carbocycles. The Labute approximate surface area is 151 Å². The molecule has 0 atom stereocenters. The first kappa shape index (κ1) is 19.1. The summed E-state index contributed by atoms with van der Waals surface area (Å²) in [6.45, 7) is 1.14. The third kappa shape index (κ3) is 5.41. The minimum atomic E-state index is -0.665. The number of anilines is 1. The number of aryl methyl sites for hydroxylation is 1. The Bertz CT molecular complexity index is 774. The zero-order valence-electron chi connectivity index (χ0n) is 14.9. The fraction of sp³-hybridized carbons (Fsp3) is 0.263. The Morgan fingerprint density at radius 2 is 1.62 bits per heavy atom. The standard InChI is InChI=1S/C19H21NO6/c1-13-8-9-15(23-2)14(10-13)20-18(21)11-26-19(22)12-25-17-7-5-4-6-16(17)24-3/h4-10H,11-12H2,1-3H3,(H,20,21). The second-order valence-electron chi connectivity index (χ2n) is 5.35. The van der Waals surface area contributed by atoms with E-state index in [-0.39, 0.29) is 6.61 Å². The van der Waals surface area contributed by atoms with Crippen molar-refractivity contribution in [1.82, 2.24) is 0 Å². The molecule has 0 aliphatic rings. The third-order valence-corrected chi connectivity index (χ3v) is 3.41. The number of hydrogen-bond acceptors (Lipinski definition) is 6. The van der Waals surface area contributed by atoms with E-state index >= 15 is 0 Å². The number of ether oxygens (including phenoxy) is 4. The Kier molecular flexibility index (Phi) is 6.84. The van der Waals surface area contributed by atoms with Gasteiger partial charge in [0.15, 0.2) is 24.7 Å². The maximum Gasteiger partial charge on any atom is 0.344 e. The van der Waals surface area contributed by atoms with Gasteiger partial charge in [-0.1, -0.05) is 18.2 Å². The Morgan fingerprint density at radius 1 is 0.923 bits per heavy atom. The van der Waals surface area contributed by atoms with Crippen molar-refractivity contribution in [3.63, 3.8) is 0 Å². The molecule has 0 bridgehead atoms. The van der Waals surface area contributed by atoms with E-state index in [9.17, 15) is 9.59 Å². The molecule has 1 N–H and O–H groups in total. The third-order valence-electron chi connectivity index (χ3n) is 3.41. The van der Waals surface area contributed by atoms with E-state index in [4.69, 9.17) is 18.9 Å². The van der Waals surface area contributed by atoms with Crippen molar-refractivity contribution in [2.75, 3.05) is 32.8 Å². The van der Waals surface area contributed by atoms with E-state index in [0.29, 0.717) is 22.9 Å². The summed E-state index contributed by atoms with van der Waals surface area (Å²) < 4.78 is 20.6. The number of amides is 1. The number of hydrogen-bond donors (Lipinski definition) is 1. The minimum Gasteiger partial charge on any atom is -0.495 e. The average molecular weight is 359 g/mol. The Balaban J connectivity index is 1.82. The summed E-state index contributed by atoms with van der Waals surface area (Å²) in [6, 6.07) is 12.3. The van der Waals surface area contributed by atoms with Crippen molar-refractivity contribution in [2.45, 2.75) is 6.92 Å². The normalized spacial score (nSPS) is 9.96. The van der Waals surface area contributed by atoms with Gasteiger partial charge in [0.05, 0.1) is 19.9 Å². The van der Waals surface area contributed by atoms with Crippen LogP contribution in [0.2, 0.25) is 0 Å². The lowest BCUT2D eigenvalue weighted by atomic mass is 10.2. The molecular weight excluding hydrogens is 338 g/mol. The van der Waals surface area contributed by atoms with Crippen LogP contribution in [0.15, 0.2) is 42.5 Å². The molecule has 2 aromatic carbocycles. The molecule has 7 nitrogen and oxygen atoms in total. The highest BCUT2D eigenvalue weighted by molar-refractivity contribution is 5.94. The molecular formula is C19H21NO6. The van der Waals surface area contributed by atoms with Gasteiger partial charge in [0.2, 0.25) is 0 Å². The lowest BCUT2D eigenvalue weighted by molar-refractivity contribution is -0.149. The molecule has 0 aromatic heterocycles. The van der Waals surface area contributed by atoms with E-state index < -0.39 is 18.5 Å². The number of rotatable bonds is 8. The van der Waals surface area contributed by atoms with Gasteiger partial charge in [-0.2, -0.15) is 0 Å². The molecule has 0 aliphatic carbocycles. The quantitative estimate of drug-likeness (QED) is 0.730. The molecule has 0 spiro atoms. The fourth-order valence-corrected chi connectivity index (χ4v) is 2.17. The van der Waals surface area contributed by atoms with Gasteiger partial charge in [-0.15, -0.1) is 0 Å². The summed E-state index contributed by atoms with van der Waals surface area (Å²) in [5, 5.41) is 2.65. The first-order valence-electron chi connectivity index (χ1n) is 7.89. The van der Waals surface area contributed by atoms with Crippen LogP contribution in [0.4, 0.5) is 5.69 Å². The fourth-order valence-electron chi connectivity index (χ4n) is 2.17. The maximum absolute atomic E-state index is 12.0. The van der Waals surface area contributed by atoms with Crippen LogP contribution in [-0.4, -0.2) is 39.3 Å². The zero-order chi connectivity index (χ0) is 18.9. The number of methoxy groups -OCH3 is 2. The van der Waals surface area contributed by atoms with Crippen LogP contribution in [-0.2, 0) is 14.3 Å². The van der Waals surface area contributed by atoms with Gasteiger partial charge < -0.3 is 24.3 Å². The first-order valence-corrected chi connectivity index (χ1v) is 7.89. The van der Waals surface area contributed by atoms with Crippen molar-refractivity contribution < 1.29 is 28.5 Å². The Hall–Kier alpha value is -3.22. The summed E-state index contributed by atoms with van der Waals surface area (Å²) >= 11 is 0. The summed E-state index contributed by atoms with van der Waals surface area (Å²) in [6.07, 6.45) is 0. The number of esters is 1. The highest BCUT2D eigenvalue weighted by atomic mass is 16.6. The van der Waals surface area contributed by atoms with Crippen molar-refractivity contribution in [1.29, 1.82) is 0 Å². The molecule has 7 heteroatoms. The molecule has 0 saturated heterocycles. The molecule has 0 heterocycles. The summed E-state index contributed by atoms with van der Waals surface area (Å²) in [7, 11) is 3.01. The van der Waals surface area contributed by atoms with Crippen LogP contribution in [0, 0.1) is 6.92 Å². The summed E-state index contributed by atoms with van der Waals surface area (Å²) in [5.74, 6) is 0.307. The summed E-state index contributed by atoms with van der Waals surface area (Å²) in [5.41, 5.74) is 1.47. The molecule has 1 amide bonds. The van der Waals surface area contributed by atoms with E-state index in [1.54, 1.807) is 36.4 Å². The second-order valence-corrected chi connectivity index (χ2v) is 5.35. The van der Waals surface area contributed by atoms with Crippen LogP contribution >= 0.6 is 0 Å². The van der Waals surface area contributed by atoms with Crippen LogP contribution < -0.4 is 19.5 Å². The van der Waals surface area contributed by atoms with Gasteiger partial charge in [-0.3, -0.25) is 4.79 Å². The molecule has 26 heavy (non-hydrogen) atoms. The SMILES string of the molecule is COc1ccc(C)cc1NC(=O)COC(=O)COc1ccccc1OC. The van der Waals surface area contributed by atoms with Crippen LogP contribution in [0.25, 0.3) is 0 Å². The highest BCUT2D eigenvalue weighted by Gasteiger charge is 2.12. The van der Waals surface area contributed by atoms with E-state index in [1.165, 1.54) is 14.2 Å². The maximum atomic E-state index is 12.0. The van der Waals surface area contributed by atoms with Gasteiger partial charge in [0, 0.05) is 0 Å². The number of para-hydroxylation sites is 2. The predicted molar refractivity (Wildman–Crippen MR) is 95.8 cm³/mol. The van der Waals surface area contributed by atoms with E-state index in [0.717, 1.165) is 5.56 Å². The lowest BCUT2D eigenvalue weighted by Crippen LogP contribution is -2.24. The number of carbonyl (C=O) groups excluding carboxylic acids is 2. The first-order chi connectivity index (χ1) is 12.5. The lowest BCUT2D eigenvalue weighted by Gasteiger charge is -2.12. The monoisotopic (exact) mass is 359 g/mol. The van der Waals surface area contributed by atoms with E-state index in [2.05, 4.69) is 5.32 Å². The van der Waals surface area contributed by atoms with Crippen molar-refractivity contribution >= 4 is 17.6 Å². The molecule has 2 rings (SSSR count). The van der Waals surface area contributed by atoms with Gasteiger partial charge in [-0.05, 0) is 36.8 Å². The van der Waals surface area contributed by atoms with Gasteiger partial charge in [-0.25, -0.2) is 4.79 Å². The topological polar surface area (TPSA) is 83.1 Å². The molecule has 138 valence electrons. The number of benzene rings is 2. The van der Waals surface area contributed by atoms with Gasteiger partial charge in [0.25, 0.3) is 5.91 Å². The smallest absolute Gasteiger partial charge is 0.344 e. The highest BCUT2D eigenvalue weighted by Crippen LogP contribution is 2.26. The van der Waals surface area contributed by atoms with Crippen LogP contribution in [0.3, 0.4) is 0 Å². The second kappa shape index (κ2) is 9.31. The van der Waals surface area contributed by atoms with E-state index in [1.807, 2.05) is 13.0 Å².